The largest absolute Gasteiger partial charge is 0.369 e. The van der Waals surface area contributed by atoms with Crippen molar-refractivity contribution in [2.45, 2.75) is 26.0 Å². The van der Waals surface area contributed by atoms with Crippen molar-refractivity contribution < 1.29 is 9.50 Å². The van der Waals surface area contributed by atoms with Gasteiger partial charge in [-0.15, -0.1) is 0 Å². The number of aliphatic hydroxyl groups is 1. The summed E-state index contributed by atoms with van der Waals surface area (Å²) in [7, 11) is 0. The summed E-state index contributed by atoms with van der Waals surface area (Å²) in [5.74, 6) is 6.36. The van der Waals surface area contributed by atoms with E-state index in [2.05, 4.69) is 5.32 Å². The van der Waals surface area contributed by atoms with Crippen molar-refractivity contribution in [1.29, 1.82) is 0 Å². The maximum atomic E-state index is 13.6. The Labute approximate surface area is 181 Å². The number of nitrogens with one attached hydrogen (secondary N) is 1. The quantitative estimate of drug-likeness (QED) is 0.271. The maximum absolute atomic E-state index is 13.6. The predicted octanol–water partition coefficient (Wildman–Crippen LogP) is 5.90. The van der Waals surface area contributed by atoms with Gasteiger partial charge in [0.15, 0.2) is 6.23 Å². The molecule has 4 nitrogen and oxygen atoms in total. The van der Waals surface area contributed by atoms with Crippen molar-refractivity contribution in [3.63, 3.8) is 0 Å². The van der Waals surface area contributed by atoms with Gasteiger partial charge in [-0.2, -0.15) is 0 Å². The van der Waals surface area contributed by atoms with Crippen molar-refractivity contribution in [3.8, 4) is 22.4 Å². The molecule has 3 aromatic carbocycles. The summed E-state index contributed by atoms with van der Waals surface area (Å²) in [4.78, 5) is 0. The number of nitrogens with zero attached hydrogens (tertiary/aromatic N) is 1. The van der Waals surface area contributed by atoms with E-state index in [9.17, 15) is 9.50 Å². The Kier molecular flexibility index (Phi) is 5.78. The molecule has 0 amide bonds. The first-order valence-corrected chi connectivity index (χ1v) is 10.3. The Morgan fingerprint density at radius 1 is 0.839 bits per heavy atom. The van der Waals surface area contributed by atoms with Gasteiger partial charge in [0.05, 0.1) is 11.4 Å². The van der Waals surface area contributed by atoms with E-state index in [0.717, 1.165) is 33.8 Å². The fourth-order valence-corrected chi connectivity index (χ4v) is 4.04. The van der Waals surface area contributed by atoms with Crippen LogP contribution < -0.4 is 11.2 Å². The second kappa shape index (κ2) is 8.66. The SMILES string of the molecule is CC(C)c1c(C(O)Nc2ccccc2)c(-c2ccccc2)c(-c2ccc(F)cc2)n1N. The number of anilines is 1. The molecule has 0 bridgehead atoms. The molecule has 0 aliphatic rings. The van der Waals surface area contributed by atoms with Gasteiger partial charge in [-0.3, -0.25) is 4.68 Å². The summed E-state index contributed by atoms with van der Waals surface area (Å²) in [5, 5.41) is 14.5. The minimum atomic E-state index is -0.987. The second-order valence-electron chi connectivity index (χ2n) is 7.83. The lowest BCUT2D eigenvalue weighted by Crippen LogP contribution is -2.18. The van der Waals surface area contributed by atoms with Gasteiger partial charge in [0.1, 0.15) is 5.82 Å². The standard InChI is InChI=1S/C26H26FN3O/c1-17(2)24-23(26(31)29-21-11-7-4-8-12-21)22(18-9-5-3-6-10-18)25(30(24)28)19-13-15-20(27)16-14-19/h3-17,26,29,31H,28H2,1-2H3. The molecule has 1 heterocycles. The third-order valence-corrected chi connectivity index (χ3v) is 5.36. The van der Waals surface area contributed by atoms with Crippen molar-refractivity contribution >= 4 is 5.69 Å². The molecule has 0 spiro atoms. The van der Waals surface area contributed by atoms with Crippen molar-refractivity contribution in [2.24, 2.45) is 0 Å². The molecule has 0 radical (unpaired) electrons. The van der Waals surface area contributed by atoms with Crippen LogP contribution in [0.25, 0.3) is 22.4 Å². The number of halogens is 1. The zero-order valence-corrected chi connectivity index (χ0v) is 17.6. The first kappa shape index (κ1) is 20.7. The Morgan fingerprint density at radius 3 is 2.00 bits per heavy atom. The van der Waals surface area contributed by atoms with E-state index in [1.165, 1.54) is 12.1 Å². The zero-order chi connectivity index (χ0) is 22.0. The molecule has 1 unspecified atom stereocenters. The number of nitrogen functional groups attached to an aromatic ring is 1. The Bertz CT molecular complexity index is 1150. The van der Waals surface area contributed by atoms with Crippen LogP contribution in [0.3, 0.4) is 0 Å². The van der Waals surface area contributed by atoms with Gasteiger partial charge in [-0.1, -0.05) is 62.4 Å². The van der Waals surface area contributed by atoms with Gasteiger partial charge in [-0.25, -0.2) is 4.39 Å². The zero-order valence-electron chi connectivity index (χ0n) is 17.6. The van der Waals surface area contributed by atoms with Crippen LogP contribution in [0.2, 0.25) is 0 Å². The van der Waals surface area contributed by atoms with Gasteiger partial charge in [0, 0.05) is 22.4 Å². The van der Waals surface area contributed by atoms with E-state index in [-0.39, 0.29) is 11.7 Å². The Hall–Kier alpha value is -3.57. The number of aromatic nitrogens is 1. The lowest BCUT2D eigenvalue weighted by molar-refractivity contribution is 0.207. The van der Waals surface area contributed by atoms with Crippen LogP contribution in [0.1, 0.15) is 37.3 Å². The summed E-state index contributed by atoms with van der Waals surface area (Å²) >= 11 is 0. The van der Waals surface area contributed by atoms with Crippen LogP contribution in [0.4, 0.5) is 10.1 Å². The monoisotopic (exact) mass is 415 g/mol. The number of aliphatic hydroxyl groups excluding tert-OH is 1. The molecule has 0 aliphatic heterocycles. The molecule has 0 aliphatic carbocycles. The summed E-state index contributed by atoms with van der Waals surface area (Å²) < 4.78 is 15.3. The number of hydrogen-bond acceptors (Lipinski definition) is 3. The average Bonchev–Trinajstić information content (AvgIpc) is 3.09. The van der Waals surface area contributed by atoms with E-state index < -0.39 is 6.23 Å². The van der Waals surface area contributed by atoms with Crippen LogP contribution in [-0.4, -0.2) is 9.78 Å². The first-order valence-electron chi connectivity index (χ1n) is 10.3. The third kappa shape index (κ3) is 4.05. The van der Waals surface area contributed by atoms with E-state index in [0.29, 0.717) is 5.56 Å². The molecule has 4 aromatic rings. The lowest BCUT2D eigenvalue weighted by Gasteiger charge is -2.19. The highest BCUT2D eigenvalue weighted by Gasteiger charge is 2.29. The predicted molar refractivity (Wildman–Crippen MR) is 125 cm³/mol. The van der Waals surface area contributed by atoms with Gasteiger partial charge in [0.2, 0.25) is 0 Å². The normalized spacial score (nSPS) is 12.2. The second-order valence-corrected chi connectivity index (χ2v) is 7.83. The van der Waals surface area contributed by atoms with Gasteiger partial charge in [-0.05, 0) is 47.9 Å². The summed E-state index contributed by atoms with van der Waals surface area (Å²) in [6.45, 7) is 4.08. The molecule has 4 rings (SSSR count). The molecule has 1 aromatic heterocycles. The fourth-order valence-electron chi connectivity index (χ4n) is 4.04. The Morgan fingerprint density at radius 2 is 1.42 bits per heavy atom. The van der Waals surface area contributed by atoms with Crippen molar-refractivity contribution in [1.82, 2.24) is 4.68 Å². The van der Waals surface area contributed by atoms with Gasteiger partial charge in [0.25, 0.3) is 0 Å². The van der Waals surface area contributed by atoms with E-state index >= 15 is 0 Å². The molecule has 4 N–H and O–H groups in total. The summed E-state index contributed by atoms with van der Waals surface area (Å²) in [5.41, 5.74) is 5.60. The van der Waals surface area contributed by atoms with Gasteiger partial charge >= 0.3 is 0 Å². The smallest absolute Gasteiger partial charge is 0.153 e. The minimum absolute atomic E-state index is 0.0453. The lowest BCUT2D eigenvalue weighted by atomic mass is 9.94. The van der Waals surface area contributed by atoms with Crippen molar-refractivity contribution in [2.75, 3.05) is 11.2 Å². The first-order chi connectivity index (χ1) is 15.0. The third-order valence-electron chi connectivity index (χ3n) is 5.36. The van der Waals surface area contributed by atoms with Crippen LogP contribution in [0.5, 0.6) is 0 Å². The molecule has 1 atom stereocenters. The highest BCUT2D eigenvalue weighted by molar-refractivity contribution is 5.86. The molecule has 31 heavy (non-hydrogen) atoms. The number of nitrogens with two attached hydrogens (primary N) is 1. The maximum Gasteiger partial charge on any atom is 0.153 e. The van der Waals surface area contributed by atoms with Crippen LogP contribution in [0.15, 0.2) is 84.9 Å². The number of benzene rings is 3. The number of rotatable bonds is 6. The molecular weight excluding hydrogens is 389 g/mol. The van der Waals surface area contributed by atoms with E-state index in [1.807, 2.05) is 74.5 Å². The molecular formula is C26H26FN3O. The molecule has 0 fully saturated rings. The van der Waals surface area contributed by atoms with E-state index in [4.69, 9.17) is 5.84 Å². The minimum Gasteiger partial charge on any atom is -0.369 e. The molecule has 158 valence electrons. The molecule has 5 heteroatoms. The number of para-hydroxylation sites is 1. The van der Waals surface area contributed by atoms with E-state index in [1.54, 1.807) is 16.8 Å². The molecule has 0 saturated carbocycles. The van der Waals surface area contributed by atoms with Crippen LogP contribution in [-0.2, 0) is 0 Å². The summed E-state index contributed by atoms with van der Waals surface area (Å²) in [6, 6.07) is 25.7. The summed E-state index contributed by atoms with van der Waals surface area (Å²) in [6.07, 6.45) is -0.987. The fraction of sp³-hybridized carbons (Fsp3) is 0.154. The highest BCUT2D eigenvalue weighted by atomic mass is 19.1. The number of hydrogen-bond donors (Lipinski definition) is 3. The van der Waals surface area contributed by atoms with Crippen molar-refractivity contribution in [3.05, 3.63) is 102 Å². The van der Waals surface area contributed by atoms with Gasteiger partial charge < -0.3 is 16.3 Å². The molecule has 0 saturated heterocycles. The highest BCUT2D eigenvalue weighted by Crippen LogP contribution is 2.43. The Balaban J connectivity index is 1.98. The van der Waals surface area contributed by atoms with Crippen LogP contribution >= 0.6 is 0 Å². The van der Waals surface area contributed by atoms with Crippen LogP contribution in [0, 0.1) is 5.82 Å². The topological polar surface area (TPSA) is 63.2 Å². The average molecular weight is 416 g/mol.